The Bertz CT molecular complexity index is 754. The molecular weight excluding hydrogens is 379 g/mol. The molecule has 0 aliphatic carbocycles. The van der Waals surface area contributed by atoms with Crippen molar-refractivity contribution in [1.29, 1.82) is 5.26 Å². The van der Waals surface area contributed by atoms with Crippen LogP contribution in [0.5, 0.6) is 0 Å². The number of hydrogen-bond donors (Lipinski definition) is 1. The maximum Gasteiger partial charge on any atom is 0.266 e. The molecule has 1 heterocycles. The Labute approximate surface area is 136 Å². The van der Waals surface area contributed by atoms with Gasteiger partial charge in [0.1, 0.15) is 17.4 Å². The van der Waals surface area contributed by atoms with Gasteiger partial charge in [-0.2, -0.15) is 5.26 Å². The molecular formula is C16H13IN2O2. The van der Waals surface area contributed by atoms with Gasteiger partial charge in [0, 0.05) is 11.8 Å². The number of carbonyl (C=O) groups excluding carboxylic acids is 1. The molecule has 1 aromatic heterocycles. The van der Waals surface area contributed by atoms with Crippen LogP contribution in [0.3, 0.4) is 0 Å². The maximum atomic E-state index is 12.2. The minimum absolute atomic E-state index is 0.00153. The van der Waals surface area contributed by atoms with Gasteiger partial charge in [-0.15, -0.1) is 0 Å². The van der Waals surface area contributed by atoms with E-state index in [0.29, 0.717) is 15.2 Å². The molecule has 0 unspecified atom stereocenters. The van der Waals surface area contributed by atoms with Crippen molar-refractivity contribution in [2.45, 2.75) is 13.8 Å². The summed E-state index contributed by atoms with van der Waals surface area (Å²) in [6.07, 6.45) is 1.43. The zero-order valence-electron chi connectivity index (χ0n) is 11.6. The highest BCUT2D eigenvalue weighted by atomic mass is 127. The van der Waals surface area contributed by atoms with Crippen molar-refractivity contribution < 1.29 is 9.21 Å². The quantitative estimate of drug-likeness (QED) is 0.487. The van der Waals surface area contributed by atoms with Crippen LogP contribution >= 0.6 is 22.6 Å². The van der Waals surface area contributed by atoms with Crippen LogP contribution in [0.1, 0.15) is 16.9 Å². The second-order valence-electron chi connectivity index (χ2n) is 4.51. The van der Waals surface area contributed by atoms with Gasteiger partial charge >= 0.3 is 0 Å². The second-order valence-corrected chi connectivity index (χ2v) is 5.58. The number of nitrogens with one attached hydrogen (secondary N) is 1. The first-order valence-corrected chi connectivity index (χ1v) is 7.34. The largest absolute Gasteiger partial charge is 0.451 e. The maximum absolute atomic E-state index is 12.2. The number of halogens is 1. The Morgan fingerprint density at radius 3 is 2.71 bits per heavy atom. The molecule has 0 saturated carbocycles. The van der Waals surface area contributed by atoms with E-state index in [1.807, 2.05) is 60.7 Å². The first-order chi connectivity index (χ1) is 10.0. The average molecular weight is 392 g/mol. The number of furan rings is 1. The third-order valence-electron chi connectivity index (χ3n) is 3.10. The molecule has 2 aromatic rings. The summed E-state index contributed by atoms with van der Waals surface area (Å²) in [6.45, 7) is 3.90. The van der Waals surface area contributed by atoms with Gasteiger partial charge in [-0.3, -0.25) is 4.79 Å². The summed E-state index contributed by atoms with van der Waals surface area (Å²) in [5.74, 6) is 0.0321. The number of nitriles is 1. The summed E-state index contributed by atoms with van der Waals surface area (Å²) in [5, 5.41) is 11.9. The smallest absolute Gasteiger partial charge is 0.266 e. The number of aryl methyl sites for hydroxylation is 1. The molecule has 0 radical (unpaired) electrons. The van der Waals surface area contributed by atoms with Crippen molar-refractivity contribution in [2.24, 2.45) is 0 Å². The second kappa shape index (κ2) is 6.59. The summed E-state index contributed by atoms with van der Waals surface area (Å²) >= 11 is 2.02. The molecule has 4 nitrogen and oxygen atoms in total. The van der Waals surface area contributed by atoms with Crippen LogP contribution < -0.4 is 5.32 Å². The molecule has 2 rings (SSSR count). The zero-order valence-corrected chi connectivity index (χ0v) is 13.8. The topological polar surface area (TPSA) is 66.0 Å². The van der Waals surface area contributed by atoms with Gasteiger partial charge < -0.3 is 9.73 Å². The fourth-order valence-corrected chi connectivity index (χ4v) is 2.21. The van der Waals surface area contributed by atoms with E-state index in [-0.39, 0.29) is 5.57 Å². The number of anilines is 1. The van der Waals surface area contributed by atoms with Crippen molar-refractivity contribution in [3.05, 3.63) is 56.6 Å². The lowest BCUT2D eigenvalue weighted by Gasteiger charge is -2.09. The predicted molar refractivity (Wildman–Crippen MR) is 89.6 cm³/mol. The molecule has 0 fully saturated rings. The molecule has 0 saturated heterocycles. The average Bonchev–Trinajstić information content (AvgIpc) is 2.86. The van der Waals surface area contributed by atoms with E-state index >= 15 is 0 Å². The molecule has 0 bridgehead atoms. The third kappa shape index (κ3) is 3.73. The number of carbonyl (C=O) groups is 1. The lowest BCUT2D eigenvalue weighted by atomic mass is 10.1. The van der Waals surface area contributed by atoms with Gasteiger partial charge in [0.05, 0.1) is 0 Å². The van der Waals surface area contributed by atoms with Gasteiger partial charge in [-0.25, -0.2) is 0 Å². The molecule has 1 amide bonds. The first kappa shape index (κ1) is 15.3. The van der Waals surface area contributed by atoms with Crippen molar-refractivity contribution in [2.75, 3.05) is 5.32 Å². The fourth-order valence-electron chi connectivity index (χ4n) is 1.77. The number of benzene rings is 1. The van der Waals surface area contributed by atoms with E-state index in [1.54, 1.807) is 12.1 Å². The van der Waals surface area contributed by atoms with Gasteiger partial charge in [-0.05, 0) is 65.8 Å². The van der Waals surface area contributed by atoms with Crippen molar-refractivity contribution in [1.82, 2.24) is 0 Å². The highest BCUT2D eigenvalue weighted by Crippen LogP contribution is 2.19. The molecule has 0 spiro atoms. The SMILES string of the molecule is Cc1cccc(NC(=O)C(C#N)=Cc2ccc(I)o2)c1C. The first-order valence-electron chi connectivity index (χ1n) is 6.26. The lowest BCUT2D eigenvalue weighted by Crippen LogP contribution is -2.14. The fraction of sp³-hybridized carbons (Fsp3) is 0.125. The van der Waals surface area contributed by atoms with Crippen LogP contribution in [0.4, 0.5) is 5.69 Å². The van der Waals surface area contributed by atoms with Crippen LogP contribution in [0, 0.1) is 28.9 Å². The Morgan fingerprint density at radius 2 is 2.10 bits per heavy atom. The van der Waals surface area contributed by atoms with E-state index in [2.05, 4.69) is 5.32 Å². The predicted octanol–water partition coefficient (Wildman–Crippen LogP) is 4.05. The minimum atomic E-state index is -0.447. The Hall–Kier alpha value is -2.07. The molecule has 1 aromatic carbocycles. The van der Waals surface area contributed by atoms with E-state index in [9.17, 15) is 4.79 Å². The summed E-state index contributed by atoms with van der Waals surface area (Å²) in [5.41, 5.74) is 2.77. The molecule has 1 N–H and O–H groups in total. The van der Waals surface area contributed by atoms with Crippen molar-refractivity contribution >= 4 is 40.3 Å². The standard InChI is InChI=1S/C16H13IN2O2/c1-10-4-3-5-14(11(10)2)19-16(20)12(9-18)8-13-6-7-15(17)21-13/h3-8H,1-2H3,(H,19,20). The Morgan fingerprint density at radius 1 is 1.33 bits per heavy atom. The molecule has 0 aliphatic rings. The number of hydrogen-bond acceptors (Lipinski definition) is 3. The van der Waals surface area contributed by atoms with E-state index in [0.717, 1.165) is 11.1 Å². The molecule has 5 heteroatoms. The van der Waals surface area contributed by atoms with Crippen LogP contribution in [0.25, 0.3) is 6.08 Å². The Kier molecular flexibility index (Phi) is 4.81. The zero-order chi connectivity index (χ0) is 15.4. The Balaban J connectivity index is 2.24. The van der Waals surface area contributed by atoms with Crippen LogP contribution in [0.15, 0.2) is 40.3 Å². The van der Waals surface area contributed by atoms with E-state index < -0.39 is 5.91 Å². The van der Waals surface area contributed by atoms with E-state index in [4.69, 9.17) is 9.68 Å². The summed E-state index contributed by atoms with van der Waals surface area (Å²) in [6, 6.07) is 11.0. The summed E-state index contributed by atoms with van der Waals surface area (Å²) in [4.78, 5) is 12.2. The van der Waals surface area contributed by atoms with Gasteiger partial charge in [0.2, 0.25) is 0 Å². The molecule has 106 valence electrons. The highest BCUT2D eigenvalue weighted by Gasteiger charge is 2.12. The minimum Gasteiger partial charge on any atom is -0.451 e. The highest BCUT2D eigenvalue weighted by molar-refractivity contribution is 14.1. The lowest BCUT2D eigenvalue weighted by molar-refractivity contribution is -0.112. The van der Waals surface area contributed by atoms with Crippen molar-refractivity contribution in [3.63, 3.8) is 0 Å². The number of amides is 1. The molecule has 0 atom stereocenters. The number of nitrogens with zero attached hydrogens (tertiary/aromatic N) is 1. The summed E-state index contributed by atoms with van der Waals surface area (Å²) in [7, 11) is 0. The van der Waals surface area contributed by atoms with Gasteiger partial charge in [0.25, 0.3) is 5.91 Å². The third-order valence-corrected chi connectivity index (χ3v) is 3.68. The molecule has 21 heavy (non-hydrogen) atoms. The van der Waals surface area contributed by atoms with Crippen molar-refractivity contribution in [3.8, 4) is 6.07 Å². The van der Waals surface area contributed by atoms with Gasteiger partial charge in [0.15, 0.2) is 3.77 Å². The number of rotatable bonds is 3. The summed E-state index contributed by atoms with van der Waals surface area (Å²) < 4.78 is 6.04. The van der Waals surface area contributed by atoms with Crippen LogP contribution in [0.2, 0.25) is 0 Å². The van der Waals surface area contributed by atoms with Crippen LogP contribution in [-0.4, -0.2) is 5.91 Å². The van der Waals surface area contributed by atoms with Gasteiger partial charge in [-0.1, -0.05) is 12.1 Å². The van der Waals surface area contributed by atoms with Crippen LogP contribution in [-0.2, 0) is 4.79 Å². The monoisotopic (exact) mass is 392 g/mol. The molecule has 0 aliphatic heterocycles. The van der Waals surface area contributed by atoms with E-state index in [1.165, 1.54) is 6.08 Å². The normalized spacial score (nSPS) is 11.0.